The maximum Gasteiger partial charge on any atom is 0.368 e. The van der Waals surface area contributed by atoms with Crippen LogP contribution in [0.4, 0.5) is 5.69 Å². The Bertz CT molecular complexity index is 924. The SMILES string of the molecule is CCOC(=O)[C@@]1(C)[NH2+][C@@H](c2cccs2)[C@H]2C(=O)N(c3ccc(C)cc3)C(=O)[C@@H]21. The number of thiophene rings is 1. The number of rotatable bonds is 4. The molecule has 1 aromatic heterocycles. The summed E-state index contributed by atoms with van der Waals surface area (Å²) in [7, 11) is 0. The summed E-state index contributed by atoms with van der Waals surface area (Å²) in [5.41, 5.74) is 0.456. The van der Waals surface area contributed by atoms with Crippen LogP contribution in [-0.4, -0.2) is 29.9 Å². The molecule has 2 fully saturated rings. The Morgan fingerprint density at radius 1 is 1.21 bits per heavy atom. The molecule has 4 atom stereocenters. The first-order chi connectivity index (χ1) is 13.4. The van der Waals surface area contributed by atoms with Crippen molar-refractivity contribution < 1.29 is 24.4 Å². The molecule has 0 bridgehead atoms. The minimum atomic E-state index is -1.14. The van der Waals surface area contributed by atoms with Gasteiger partial charge in [-0.15, -0.1) is 11.3 Å². The van der Waals surface area contributed by atoms with E-state index in [1.54, 1.807) is 26.0 Å². The van der Waals surface area contributed by atoms with Gasteiger partial charge in [0.25, 0.3) is 0 Å². The first-order valence-electron chi connectivity index (χ1n) is 9.39. The zero-order valence-corrected chi connectivity index (χ0v) is 16.9. The van der Waals surface area contributed by atoms with E-state index in [0.717, 1.165) is 10.4 Å². The van der Waals surface area contributed by atoms with Crippen molar-refractivity contribution in [2.24, 2.45) is 11.8 Å². The molecule has 2 aliphatic rings. The fraction of sp³-hybridized carbons (Fsp3) is 0.381. The highest BCUT2D eigenvalue weighted by molar-refractivity contribution is 7.10. The number of quaternary nitrogens is 1. The quantitative estimate of drug-likeness (QED) is 0.628. The highest BCUT2D eigenvalue weighted by atomic mass is 32.1. The van der Waals surface area contributed by atoms with Crippen LogP contribution in [0, 0.1) is 18.8 Å². The Labute approximate surface area is 167 Å². The lowest BCUT2D eigenvalue weighted by Gasteiger charge is -2.26. The smallest absolute Gasteiger partial charge is 0.368 e. The summed E-state index contributed by atoms with van der Waals surface area (Å²) >= 11 is 1.53. The molecule has 6 nitrogen and oxygen atoms in total. The second kappa shape index (κ2) is 6.83. The Hall–Kier alpha value is -2.51. The predicted octanol–water partition coefficient (Wildman–Crippen LogP) is 1.80. The fourth-order valence-electron chi connectivity index (χ4n) is 4.43. The van der Waals surface area contributed by atoms with Crippen LogP contribution < -0.4 is 10.2 Å². The van der Waals surface area contributed by atoms with Gasteiger partial charge in [-0.1, -0.05) is 23.8 Å². The van der Waals surface area contributed by atoms with Gasteiger partial charge in [-0.05, 0) is 37.4 Å². The van der Waals surface area contributed by atoms with Crippen LogP contribution in [-0.2, 0) is 19.1 Å². The van der Waals surface area contributed by atoms with Gasteiger partial charge in [0.2, 0.25) is 17.4 Å². The third kappa shape index (κ3) is 2.69. The molecule has 0 saturated carbocycles. The maximum atomic E-state index is 13.4. The average Bonchev–Trinajstić information content (AvgIpc) is 3.35. The number of fused-ring (bicyclic) bond motifs is 1. The van der Waals surface area contributed by atoms with Crippen molar-refractivity contribution in [3.63, 3.8) is 0 Å². The van der Waals surface area contributed by atoms with Crippen molar-refractivity contribution in [2.75, 3.05) is 11.5 Å². The largest absolute Gasteiger partial charge is 0.461 e. The van der Waals surface area contributed by atoms with E-state index in [9.17, 15) is 14.4 Å². The predicted molar refractivity (Wildman–Crippen MR) is 105 cm³/mol. The fourth-order valence-corrected chi connectivity index (χ4v) is 5.28. The Kier molecular flexibility index (Phi) is 4.59. The van der Waals surface area contributed by atoms with Crippen molar-refractivity contribution >= 4 is 34.8 Å². The lowest BCUT2D eigenvalue weighted by Crippen LogP contribution is -2.97. The van der Waals surface area contributed by atoms with Crippen LogP contribution in [0.15, 0.2) is 41.8 Å². The van der Waals surface area contributed by atoms with Crippen molar-refractivity contribution in [1.29, 1.82) is 0 Å². The third-order valence-corrected chi connectivity index (χ3v) is 6.76. The number of hydrogen-bond acceptors (Lipinski definition) is 5. The minimum Gasteiger partial charge on any atom is -0.461 e. The topological polar surface area (TPSA) is 80.3 Å². The van der Waals surface area contributed by atoms with Gasteiger partial charge in [0.15, 0.2) is 0 Å². The van der Waals surface area contributed by atoms with Gasteiger partial charge >= 0.3 is 5.97 Å². The Morgan fingerprint density at radius 3 is 2.54 bits per heavy atom. The summed E-state index contributed by atoms with van der Waals surface area (Å²) in [6.45, 7) is 5.64. The number of nitrogens with two attached hydrogens (primary N) is 1. The monoisotopic (exact) mass is 399 g/mol. The standard InChI is InChI=1S/C21H22N2O4S/c1-4-27-20(26)21(3)16-15(17(22-21)14-6-5-11-28-14)18(24)23(19(16)25)13-9-7-12(2)8-10-13/h5-11,15-17,22H,4H2,1-3H3/p+1/t15-,16+,17-,21-/m0/s1. The highest BCUT2D eigenvalue weighted by Gasteiger charge is 2.71. The lowest BCUT2D eigenvalue weighted by molar-refractivity contribution is -0.730. The zero-order valence-electron chi connectivity index (χ0n) is 16.0. The van der Waals surface area contributed by atoms with Gasteiger partial charge in [0, 0.05) is 6.92 Å². The van der Waals surface area contributed by atoms with E-state index in [0.29, 0.717) is 5.69 Å². The molecule has 0 spiro atoms. The molecule has 7 heteroatoms. The van der Waals surface area contributed by atoms with Crippen LogP contribution in [0.1, 0.15) is 30.3 Å². The number of carbonyl (C=O) groups excluding carboxylic acids is 3. The van der Waals surface area contributed by atoms with Crippen LogP contribution in [0.5, 0.6) is 0 Å². The normalized spacial score (nSPS) is 29.2. The van der Waals surface area contributed by atoms with Crippen molar-refractivity contribution in [2.45, 2.75) is 32.4 Å². The first kappa shape index (κ1) is 18.8. The number of anilines is 1. The summed E-state index contributed by atoms with van der Waals surface area (Å²) < 4.78 is 5.29. The number of aryl methyl sites for hydroxylation is 1. The molecule has 28 heavy (non-hydrogen) atoms. The molecule has 2 saturated heterocycles. The number of nitrogens with zero attached hydrogens (tertiary/aromatic N) is 1. The van der Waals surface area contributed by atoms with E-state index in [1.165, 1.54) is 16.2 Å². The summed E-state index contributed by atoms with van der Waals surface area (Å²) in [5.74, 6) is -2.38. The van der Waals surface area contributed by atoms with E-state index >= 15 is 0 Å². The molecule has 2 aliphatic heterocycles. The van der Waals surface area contributed by atoms with Gasteiger partial charge in [-0.3, -0.25) is 9.59 Å². The number of imide groups is 1. The third-order valence-electron chi connectivity index (χ3n) is 5.79. The van der Waals surface area contributed by atoms with Gasteiger partial charge in [-0.25, -0.2) is 9.69 Å². The molecule has 0 radical (unpaired) electrons. The molecule has 0 unspecified atom stereocenters. The van der Waals surface area contributed by atoms with Crippen LogP contribution in [0.3, 0.4) is 0 Å². The average molecular weight is 399 g/mol. The van der Waals surface area contributed by atoms with Crippen molar-refractivity contribution in [3.05, 3.63) is 52.2 Å². The molecule has 2 aromatic rings. The minimum absolute atomic E-state index is 0.229. The molecule has 2 N–H and O–H groups in total. The van der Waals surface area contributed by atoms with E-state index in [1.807, 2.05) is 41.9 Å². The highest BCUT2D eigenvalue weighted by Crippen LogP contribution is 2.46. The second-order valence-electron chi connectivity index (χ2n) is 7.56. The first-order valence-corrected chi connectivity index (χ1v) is 10.3. The van der Waals surface area contributed by atoms with Crippen LogP contribution >= 0.6 is 11.3 Å². The van der Waals surface area contributed by atoms with E-state index in [-0.39, 0.29) is 24.5 Å². The zero-order chi connectivity index (χ0) is 20.1. The molecule has 3 heterocycles. The van der Waals surface area contributed by atoms with Crippen LogP contribution in [0.2, 0.25) is 0 Å². The molecular formula is C21H23N2O4S+. The van der Waals surface area contributed by atoms with Gasteiger partial charge in [0.1, 0.15) is 17.9 Å². The van der Waals surface area contributed by atoms with E-state index in [2.05, 4.69) is 0 Å². The molecule has 146 valence electrons. The molecule has 1 aromatic carbocycles. The Balaban J connectivity index is 1.80. The molecule has 2 amide bonds. The maximum absolute atomic E-state index is 13.4. The number of amides is 2. The van der Waals surface area contributed by atoms with Gasteiger partial charge < -0.3 is 10.1 Å². The summed E-state index contributed by atoms with van der Waals surface area (Å²) in [5, 5.41) is 3.80. The summed E-state index contributed by atoms with van der Waals surface area (Å²) in [6, 6.07) is 10.9. The number of hydrogen-bond donors (Lipinski definition) is 1. The van der Waals surface area contributed by atoms with Crippen LogP contribution in [0.25, 0.3) is 0 Å². The molecular weight excluding hydrogens is 376 g/mol. The summed E-state index contributed by atoms with van der Waals surface area (Å²) in [4.78, 5) is 41.9. The second-order valence-corrected chi connectivity index (χ2v) is 8.54. The Morgan fingerprint density at radius 2 is 1.93 bits per heavy atom. The number of carbonyl (C=O) groups is 3. The molecule has 0 aliphatic carbocycles. The number of esters is 1. The number of ether oxygens (including phenoxy) is 1. The van der Waals surface area contributed by atoms with Gasteiger partial charge in [-0.2, -0.15) is 0 Å². The van der Waals surface area contributed by atoms with Crippen molar-refractivity contribution in [3.8, 4) is 0 Å². The molecule has 4 rings (SSSR count). The summed E-state index contributed by atoms with van der Waals surface area (Å²) in [6.07, 6.45) is 0. The lowest BCUT2D eigenvalue weighted by atomic mass is 9.81. The van der Waals surface area contributed by atoms with Gasteiger partial charge in [0.05, 0.1) is 17.2 Å². The van der Waals surface area contributed by atoms with Crippen molar-refractivity contribution in [1.82, 2.24) is 0 Å². The van der Waals surface area contributed by atoms with E-state index in [4.69, 9.17) is 4.74 Å². The van der Waals surface area contributed by atoms with E-state index < -0.39 is 23.3 Å². The number of benzene rings is 1.